The van der Waals surface area contributed by atoms with Crippen molar-refractivity contribution in [2.24, 2.45) is 0 Å². The summed E-state index contributed by atoms with van der Waals surface area (Å²) >= 11 is 0. The van der Waals surface area contributed by atoms with Gasteiger partial charge in [-0.05, 0) is 25.0 Å². The van der Waals surface area contributed by atoms with E-state index in [1.165, 1.54) is 7.11 Å². The molecule has 0 N–H and O–H groups in total. The van der Waals surface area contributed by atoms with Crippen molar-refractivity contribution in [1.29, 1.82) is 0 Å². The molecule has 2 aromatic carbocycles. The second-order valence-electron chi connectivity index (χ2n) is 7.90. The van der Waals surface area contributed by atoms with Gasteiger partial charge in [0.05, 0.1) is 18.1 Å². The van der Waals surface area contributed by atoms with Crippen LogP contribution in [-0.4, -0.2) is 60.0 Å². The maximum atomic E-state index is 12.6. The summed E-state index contributed by atoms with van der Waals surface area (Å²) in [5, 5.41) is 0. The molecular formula is C25H28N4O3. The van der Waals surface area contributed by atoms with Gasteiger partial charge in [-0.15, -0.1) is 0 Å². The van der Waals surface area contributed by atoms with Gasteiger partial charge in [-0.25, -0.2) is 9.97 Å². The number of hydrogen-bond acceptors (Lipinski definition) is 6. The van der Waals surface area contributed by atoms with E-state index in [2.05, 4.69) is 21.8 Å². The highest BCUT2D eigenvalue weighted by Gasteiger charge is 2.24. The van der Waals surface area contributed by atoms with E-state index in [1.807, 2.05) is 47.4 Å². The van der Waals surface area contributed by atoms with Gasteiger partial charge in [0.2, 0.25) is 5.91 Å². The number of carbonyl (C=O) groups is 2. The Kier molecular flexibility index (Phi) is 6.94. The van der Waals surface area contributed by atoms with Gasteiger partial charge < -0.3 is 14.5 Å². The third-order valence-corrected chi connectivity index (χ3v) is 5.78. The standard InChI is InChI=1S/C25H28N4O3/c1-32-23(31)14-8-7-13-22(30)28-15-17-29(18-16-28)25-24(19-9-3-2-4-10-19)26-20-11-5-6-12-21(20)27-25/h2-6,9-12H,7-8,13-18H2,1H3. The number of ether oxygens (including phenoxy) is 1. The second kappa shape index (κ2) is 10.2. The molecule has 0 aliphatic carbocycles. The number of aromatic nitrogens is 2. The predicted molar refractivity (Wildman–Crippen MR) is 124 cm³/mol. The molecule has 1 amide bonds. The first-order chi connectivity index (χ1) is 15.7. The molecule has 0 spiro atoms. The van der Waals surface area contributed by atoms with Gasteiger partial charge in [0.25, 0.3) is 0 Å². The van der Waals surface area contributed by atoms with E-state index >= 15 is 0 Å². The summed E-state index contributed by atoms with van der Waals surface area (Å²) in [5.74, 6) is 0.777. The molecule has 166 valence electrons. The fraction of sp³-hybridized carbons (Fsp3) is 0.360. The summed E-state index contributed by atoms with van der Waals surface area (Å²) in [6.07, 6.45) is 2.19. The molecule has 4 rings (SSSR count). The molecule has 2 heterocycles. The van der Waals surface area contributed by atoms with Crippen LogP contribution in [0.4, 0.5) is 5.82 Å². The number of fused-ring (bicyclic) bond motifs is 1. The smallest absolute Gasteiger partial charge is 0.305 e. The summed E-state index contributed by atoms with van der Waals surface area (Å²) in [4.78, 5) is 37.8. The zero-order valence-electron chi connectivity index (χ0n) is 18.4. The lowest BCUT2D eigenvalue weighted by Crippen LogP contribution is -2.49. The summed E-state index contributed by atoms with van der Waals surface area (Å²) in [7, 11) is 1.39. The lowest BCUT2D eigenvalue weighted by Gasteiger charge is -2.36. The number of unbranched alkanes of at least 4 members (excludes halogenated alkanes) is 1. The fourth-order valence-electron chi connectivity index (χ4n) is 3.97. The highest BCUT2D eigenvalue weighted by atomic mass is 16.5. The number of methoxy groups -OCH3 is 1. The molecule has 3 aromatic rings. The van der Waals surface area contributed by atoms with Crippen molar-refractivity contribution in [3.63, 3.8) is 0 Å². The predicted octanol–water partition coefficient (Wildman–Crippen LogP) is 3.68. The van der Waals surface area contributed by atoms with E-state index in [-0.39, 0.29) is 11.9 Å². The van der Waals surface area contributed by atoms with Gasteiger partial charge in [-0.1, -0.05) is 42.5 Å². The first kappa shape index (κ1) is 21.7. The first-order valence-corrected chi connectivity index (χ1v) is 11.1. The molecule has 0 atom stereocenters. The zero-order chi connectivity index (χ0) is 22.3. The molecule has 0 bridgehead atoms. The molecule has 7 nitrogen and oxygen atoms in total. The number of carbonyl (C=O) groups excluding carboxylic acids is 2. The largest absolute Gasteiger partial charge is 0.469 e. The molecule has 0 saturated carbocycles. The van der Waals surface area contributed by atoms with Crippen LogP contribution in [0.5, 0.6) is 0 Å². The first-order valence-electron chi connectivity index (χ1n) is 11.1. The van der Waals surface area contributed by atoms with Gasteiger partial charge in [0.15, 0.2) is 5.82 Å². The summed E-state index contributed by atoms with van der Waals surface area (Å²) in [6.45, 7) is 2.72. The number of esters is 1. The maximum absolute atomic E-state index is 12.6. The topological polar surface area (TPSA) is 75.6 Å². The van der Waals surface area contributed by atoms with Gasteiger partial charge in [0.1, 0.15) is 5.69 Å². The third kappa shape index (κ3) is 5.04. The van der Waals surface area contributed by atoms with Crippen molar-refractivity contribution in [3.8, 4) is 11.3 Å². The van der Waals surface area contributed by atoms with Crippen LogP contribution in [-0.2, 0) is 14.3 Å². The normalized spacial score (nSPS) is 13.9. The minimum atomic E-state index is -0.225. The van der Waals surface area contributed by atoms with E-state index < -0.39 is 0 Å². The average molecular weight is 433 g/mol. The monoisotopic (exact) mass is 432 g/mol. The lowest BCUT2D eigenvalue weighted by atomic mass is 10.1. The number of anilines is 1. The van der Waals surface area contributed by atoms with E-state index in [4.69, 9.17) is 9.97 Å². The number of hydrogen-bond donors (Lipinski definition) is 0. The van der Waals surface area contributed by atoms with Crippen molar-refractivity contribution in [1.82, 2.24) is 14.9 Å². The summed E-state index contributed by atoms with van der Waals surface area (Å²) in [5.41, 5.74) is 3.64. The van der Waals surface area contributed by atoms with Crippen LogP contribution in [0.2, 0.25) is 0 Å². The Balaban J connectivity index is 1.44. The Bertz CT molecular complexity index is 1080. The second-order valence-corrected chi connectivity index (χ2v) is 7.90. The van der Waals surface area contributed by atoms with Crippen molar-refractivity contribution in [3.05, 3.63) is 54.6 Å². The maximum Gasteiger partial charge on any atom is 0.305 e. The van der Waals surface area contributed by atoms with Crippen molar-refractivity contribution >= 4 is 28.7 Å². The molecule has 0 unspecified atom stereocenters. The minimum absolute atomic E-state index is 0.141. The number of nitrogens with zero attached hydrogens (tertiary/aromatic N) is 4. The number of benzene rings is 2. The van der Waals surface area contributed by atoms with E-state index in [9.17, 15) is 9.59 Å². The van der Waals surface area contributed by atoms with Gasteiger partial charge in [0, 0.05) is 44.6 Å². The van der Waals surface area contributed by atoms with Crippen molar-refractivity contribution in [2.45, 2.75) is 25.7 Å². The zero-order valence-corrected chi connectivity index (χ0v) is 18.4. The molecular weight excluding hydrogens is 404 g/mol. The third-order valence-electron chi connectivity index (χ3n) is 5.78. The Morgan fingerprint density at radius 3 is 2.16 bits per heavy atom. The minimum Gasteiger partial charge on any atom is -0.469 e. The Morgan fingerprint density at radius 2 is 1.47 bits per heavy atom. The Morgan fingerprint density at radius 1 is 0.844 bits per heavy atom. The van der Waals surface area contributed by atoms with Gasteiger partial charge in [-0.2, -0.15) is 0 Å². The van der Waals surface area contributed by atoms with Crippen LogP contribution in [0.3, 0.4) is 0 Å². The van der Waals surface area contributed by atoms with Gasteiger partial charge >= 0.3 is 5.97 Å². The van der Waals surface area contributed by atoms with Crippen LogP contribution >= 0.6 is 0 Å². The molecule has 1 aliphatic heterocycles. The lowest BCUT2D eigenvalue weighted by molar-refractivity contribution is -0.141. The van der Waals surface area contributed by atoms with Crippen molar-refractivity contribution in [2.75, 3.05) is 38.2 Å². The number of piperazine rings is 1. The van der Waals surface area contributed by atoms with Crippen molar-refractivity contribution < 1.29 is 14.3 Å². The molecule has 1 aliphatic rings. The van der Waals surface area contributed by atoms with E-state index in [1.54, 1.807) is 0 Å². The van der Waals surface area contributed by atoms with Crippen LogP contribution in [0, 0.1) is 0 Å². The average Bonchev–Trinajstić information content (AvgIpc) is 2.86. The highest BCUT2D eigenvalue weighted by molar-refractivity contribution is 5.84. The van der Waals surface area contributed by atoms with E-state index in [0.717, 1.165) is 28.1 Å². The SMILES string of the molecule is COC(=O)CCCCC(=O)N1CCN(c2nc3ccccc3nc2-c2ccccc2)CC1. The molecule has 1 aromatic heterocycles. The van der Waals surface area contributed by atoms with Crippen LogP contribution in [0.25, 0.3) is 22.3 Å². The Labute approximate surface area is 188 Å². The summed E-state index contributed by atoms with van der Waals surface area (Å²) < 4.78 is 4.64. The van der Waals surface area contributed by atoms with Gasteiger partial charge in [-0.3, -0.25) is 9.59 Å². The highest BCUT2D eigenvalue weighted by Crippen LogP contribution is 2.30. The molecule has 1 fully saturated rings. The molecule has 1 saturated heterocycles. The molecule has 7 heteroatoms. The van der Waals surface area contributed by atoms with Crippen LogP contribution < -0.4 is 4.90 Å². The quantitative estimate of drug-likeness (QED) is 0.419. The summed E-state index contributed by atoms with van der Waals surface area (Å²) in [6, 6.07) is 18.0. The Hall–Kier alpha value is -3.48. The van der Waals surface area contributed by atoms with Crippen LogP contribution in [0.15, 0.2) is 54.6 Å². The number of rotatable bonds is 7. The molecule has 0 radical (unpaired) electrons. The fourth-order valence-corrected chi connectivity index (χ4v) is 3.97. The number of para-hydroxylation sites is 2. The van der Waals surface area contributed by atoms with Crippen LogP contribution in [0.1, 0.15) is 25.7 Å². The van der Waals surface area contributed by atoms with E-state index in [0.29, 0.717) is 51.9 Å². The number of amides is 1. The molecule has 32 heavy (non-hydrogen) atoms.